The van der Waals surface area contributed by atoms with Crippen molar-refractivity contribution in [2.45, 2.75) is 44.3 Å². The van der Waals surface area contributed by atoms with Crippen LogP contribution in [0.2, 0.25) is 0 Å². The Hall–Kier alpha value is -2.05. The summed E-state index contributed by atoms with van der Waals surface area (Å²) in [6.45, 7) is 4.01. The van der Waals surface area contributed by atoms with Crippen molar-refractivity contribution in [1.29, 1.82) is 0 Å². The maximum Gasteiger partial charge on any atom is 0.289 e. The van der Waals surface area contributed by atoms with Crippen LogP contribution in [0.3, 0.4) is 0 Å². The van der Waals surface area contributed by atoms with Gasteiger partial charge in [-0.2, -0.15) is 0 Å². The van der Waals surface area contributed by atoms with Crippen molar-refractivity contribution in [3.05, 3.63) is 29.5 Å². The molecule has 4 rings (SSSR count). The van der Waals surface area contributed by atoms with Gasteiger partial charge in [-0.15, -0.1) is 0 Å². The minimum atomic E-state index is -0.250. The highest BCUT2D eigenvalue weighted by molar-refractivity contribution is 5.99. The Morgan fingerprint density at radius 1 is 1.26 bits per heavy atom. The SMILES string of the molecule is COc1ccc2c(C)c(C(=O)N3CCC4(CC3)OCCC[C@@H]4OC)oc2c1. The number of amides is 1. The van der Waals surface area contributed by atoms with Gasteiger partial charge in [-0.25, -0.2) is 0 Å². The molecule has 2 aliphatic heterocycles. The molecule has 0 unspecified atom stereocenters. The summed E-state index contributed by atoms with van der Waals surface area (Å²) in [7, 11) is 3.37. The highest BCUT2D eigenvalue weighted by Crippen LogP contribution is 2.37. The molecular weight excluding hydrogens is 346 g/mol. The van der Waals surface area contributed by atoms with Gasteiger partial charge in [0, 0.05) is 43.8 Å². The number of nitrogens with zero attached hydrogens (tertiary/aromatic N) is 1. The first-order valence-electron chi connectivity index (χ1n) is 9.61. The number of methoxy groups -OCH3 is 2. The van der Waals surface area contributed by atoms with Crippen LogP contribution in [0.5, 0.6) is 5.75 Å². The van der Waals surface area contributed by atoms with E-state index in [1.54, 1.807) is 14.2 Å². The van der Waals surface area contributed by atoms with Crippen LogP contribution in [0, 0.1) is 6.92 Å². The van der Waals surface area contributed by atoms with Crippen molar-refractivity contribution >= 4 is 16.9 Å². The summed E-state index contributed by atoms with van der Waals surface area (Å²) in [5.41, 5.74) is 1.31. The molecule has 3 heterocycles. The van der Waals surface area contributed by atoms with Crippen LogP contribution in [-0.2, 0) is 9.47 Å². The normalized spacial score (nSPS) is 22.3. The molecule has 2 aromatic rings. The van der Waals surface area contributed by atoms with E-state index in [2.05, 4.69) is 0 Å². The number of aryl methyl sites for hydroxylation is 1. The Balaban J connectivity index is 1.53. The van der Waals surface area contributed by atoms with E-state index >= 15 is 0 Å². The quantitative estimate of drug-likeness (QED) is 0.823. The number of hydrogen-bond acceptors (Lipinski definition) is 5. The molecule has 1 aromatic heterocycles. The van der Waals surface area contributed by atoms with Crippen molar-refractivity contribution in [3.8, 4) is 5.75 Å². The minimum absolute atomic E-state index is 0.0534. The van der Waals surface area contributed by atoms with E-state index in [4.69, 9.17) is 18.6 Å². The van der Waals surface area contributed by atoms with Gasteiger partial charge < -0.3 is 23.5 Å². The number of rotatable bonds is 3. The van der Waals surface area contributed by atoms with E-state index < -0.39 is 0 Å². The largest absolute Gasteiger partial charge is 0.497 e. The Kier molecular flexibility index (Phi) is 4.86. The fourth-order valence-corrected chi connectivity index (χ4v) is 4.47. The van der Waals surface area contributed by atoms with Gasteiger partial charge in [0.05, 0.1) is 18.8 Å². The zero-order valence-electron chi connectivity index (χ0n) is 16.2. The van der Waals surface area contributed by atoms with Crippen LogP contribution < -0.4 is 4.74 Å². The Labute approximate surface area is 159 Å². The summed E-state index contributed by atoms with van der Waals surface area (Å²) in [6, 6.07) is 5.65. The van der Waals surface area contributed by atoms with E-state index in [-0.39, 0.29) is 17.6 Å². The van der Waals surface area contributed by atoms with Crippen LogP contribution in [0.15, 0.2) is 22.6 Å². The lowest BCUT2D eigenvalue weighted by Gasteiger charge is -2.47. The summed E-state index contributed by atoms with van der Waals surface area (Å²) in [5.74, 6) is 1.08. The number of likely N-dealkylation sites (tertiary alicyclic amines) is 1. The molecule has 0 bridgehead atoms. The average molecular weight is 373 g/mol. The molecule has 1 amide bonds. The number of furan rings is 1. The maximum absolute atomic E-state index is 13.1. The minimum Gasteiger partial charge on any atom is -0.497 e. The van der Waals surface area contributed by atoms with Crippen molar-refractivity contribution in [2.75, 3.05) is 33.9 Å². The van der Waals surface area contributed by atoms with Crippen molar-refractivity contribution < 1.29 is 23.4 Å². The number of ether oxygens (including phenoxy) is 3. The molecule has 0 radical (unpaired) electrons. The number of fused-ring (bicyclic) bond motifs is 1. The molecule has 1 aromatic carbocycles. The zero-order chi connectivity index (χ0) is 19.0. The van der Waals surface area contributed by atoms with Gasteiger partial charge in [-0.3, -0.25) is 4.79 Å². The molecule has 0 aliphatic carbocycles. The molecule has 1 atom stereocenters. The van der Waals surface area contributed by atoms with Crippen LogP contribution in [0.25, 0.3) is 11.0 Å². The third-order valence-corrected chi connectivity index (χ3v) is 6.11. The van der Waals surface area contributed by atoms with Crippen molar-refractivity contribution in [1.82, 2.24) is 4.90 Å². The van der Waals surface area contributed by atoms with E-state index in [1.807, 2.05) is 30.0 Å². The molecule has 6 heteroatoms. The van der Waals surface area contributed by atoms with Gasteiger partial charge >= 0.3 is 0 Å². The molecule has 146 valence electrons. The molecule has 2 fully saturated rings. The average Bonchev–Trinajstić information content (AvgIpc) is 3.04. The van der Waals surface area contributed by atoms with Crippen molar-refractivity contribution in [2.24, 2.45) is 0 Å². The molecule has 6 nitrogen and oxygen atoms in total. The first-order chi connectivity index (χ1) is 13.1. The Morgan fingerprint density at radius 2 is 2.04 bits per heavy atom. The highest BCUT2D eigenvalue weighted by Gasteiger charge is 2.45. The molecule has 27 heavy (non-hydrogen) atoms. The van der Waals surface area contributed by atoms with Crippen LogP contribution in [0.4, 0.5) is 0 Å². The van der Waals surface area contributed by atoms with E-state index in [0.717, 1.165) is 49.0 Å². The topological polar surface area (TPSA) is 61.1 Å². The second kappa shape index (κ2) is 7.17. The smallest absolute Gasteiger partial charge is 0.289 e. The number of benzene rings is 1. The van der Waals surface area contributed by atoms with Gasteiger partial charge in [-0.05, 0) is 44.7 Å². The molecule has 2 aliphatic rings. The monoisotopic (exact) mass is 373 g/mol. The van der Waals surface area contributed by atoms with Gasteiger partial charge in [-0.1, -0.05) is 0 Å². The second-order valence-electron chi connectivity index (χ2n) is 7.49. The molecular formula is C21H27NO5. The van der Waals surface area contributed by atoms with Crippen LogP contribution in [-0.4, -0.2) is 56.4 Å². The molecule has 1 spiro atoms. The standard InChI is InChI=1S/C21H27NO5/c1-14-16-7-6-15(24-2)13-17(16)27-19(14)20(23)22-10-8-21(9-11-22)18(25-3)5-4-12-26-21/h6-7,13,18H,4-5,8-12H2,1-3H3/t18-/m0/s1. The van der Waals surface area contributed by atoms with Gasteiger partial charge in [0.25, 0.3) is 5.91 Å². The summed E-state index contributed by atoms with van der Waals surface area (Å²) < 4.78 is 23.0. The van der Waals surface area contributed by atoms with Crippen LogP contribution >= 0.6 is 0 Å². The number of hydrogen-bond donors (Lipinski definition) is 0. The predicted octanol–water partition coefficient (Wildman–Crippen LogP) is 3.55. The van der Waals surface area contributed by atoms with Gasteiger partial charge in [0.1, 0.15) is 11.3 Å². The Morgan fingerprint density at radius 3 is 2.74 bits per heavy atom. The third-order valence-electron chi connectivity index (χ3n) is 6.11. The number of carbonyl (C=O) groups excluding carboxylic acids is 1. The summed E-state index contributed by atoms with van der Waals surface area (Å²) >= 11 is 0. The van der Waals surface area contributed by atoms with Crippen molar-refractivity contribution in [3.63, 3.8) is 0 Å². The van der Waals surface area contributed by atoms with E-state index in [9.17, 15) is 4.79 Å². The molecule has 2 saturated heterocycles. The lowest BCUT2D eigenvalue weighted by atomic mass is 9.81. The summed E-state index contributed by atoms with van der Waals surface area (Å²) in [5, 5.41) is 0.947. The fourth-order valence-electron chi connectivity index (χ4n) is 4.47. The molecule has 0 N–H and O–H groups in total. The van der Waals surface area contributed by atoms with Crippen LogP contribution in [0.1, 0.15) is 41.8 Å². The first kappa shape index (κ1) is 18.3. The third kappa shape index (κ3) is 3.11. The second-order valence-corrected chi connectivity index (χ2v) is 7.49. The highest BCUT2D eigenvalue weighted by atomic mass is 16.5. The predicted molar refractivity (Wildman–Crippen MR) is 101 cm³/mol. The lowest BCUT2D eigenvalue weighted by Crippen LogP contribution is -2.56. The Bertz CT molecular complexity index is 834. The summed E-state index contributed by atoms with van der Waals surface area (Å²) in [6.07, 6.45) is 3.76. The van der Waals surface area contributed by atoms with Gasteiger partial charge in [0.2, 0.25) is 0 Å². The first-order valence-corrected chi connectivity index (χ1v) is 9.61. The van der Waals surface area contributed by atoms with Gasteiger partial charge in [0.15, 0.2) is 5.76 Å². The zero-order valence-corrected chi connectivity index (χ0v) is 16.2. The maximum atomic E-state index is 13.1. The molecule has 0 saturated carbocycles. The number of piperidine rings is 1. The fraction of sp³-hybridized carbons (Fsp3) is 0.571. The number of carbonyl (C=O) groups is 1. The van der Waals surface area contributed by atoms with E-state index in [1.165, 1.54) is 0 Å². The lowest BCUT2D eigenvalue weighted by molar-refractivity contribution is -0.183. The summed E-state index contributed by atoms with van der Waals surface area (Å²) in [4.78, 5) is 15.0. The van der Waals surface area contributed by atoms with E-state index in [0.29, 0.717) is 24.4 Å².